The first-order valence-electron chi connectivity index (χ1n) is 5.78. The third-order valence-electron chi connectivity index (χ3n) is 2.59. The Morgan fingerprint density at radius 3 is 2.70 bits per heavy atom. The molecule has 0 saturated carbocycles. The molecule has 0 amide bonds. The normalized spacial score (nSPS) is 10.4. The highest BCUT2D eigenvalue weighted by Crippen LogP contribution is 2.37. The molecular weight excluding hydrogens is 349 g/mol. The number of hydrogen-bond acceptors (Lipinski definition) is 3. The number of hydrogen-bond donors (Lipinski definition) is 0. The number of ether oxygens (including phenoxy) is 2. The fourth-order valence-corrected chi connectivity index (χ4v) is 2.29. The van der Waals surface area contributed by atoms with Crippen molar-refractivity contribution in [2.24, 2.45) is 0 Å². The molecule has 1 aromatic heterocycles. The minimum absolute atomic E-state index is 0.161. The van der Waals surface area contributed by atoms with Crippen molar-refractivity contribution in [1.29, 1.82) is 0 Å². The maximum Gasteiger partial charge on any atom is 0.180 e. The summed E-state index contributed by atoms with van der Waals surface area (Å²) in [6, 6.07) is 4.98. The van der Waals surface area contributed by atoms with E-state index in [-0.39, 0.29) is 6.61 Å². The number of nitrogens with zero attached hydrogens (tertiary/aromatic N) is 1. The lowest BCUT2D eigenvalue weighted by Gasteiger charge is -2.13. The van der Waals surface area contributed by atoms with Crippen molar-refractivity contribution < 1.29 is 13.9 Å². The van der Waals surface area contributed by atoms with Gasteiger partial charge in [-0.3, -0.25) is 4.98 Å². The Bertz CT molecular complexity index is 610. The van der Waals surface area contributed by atoms with E-state index in [1.54, 1.807) is 13.2 Å². The molecule has 0 aliphatic heterocycles. The molecule has 0 aliphatic carbocycles. The van der Waals surface area contributed by atoms with Gasteiger partial charge >= 0.3 is 0 Å². The molecule has 0 spiro atoms. The fourth-order valence-electron chi connectivity index (χ4n) is 1.68. The van der Waals surface area contributed by atoms with Crippen LogP contribution in [0.15, 0.2) is 30.6 Å². The van der Waals surface area contributed by atoms with Crippen LogP contribution in [0.4, 0.5) is 4.39 Å². The van der Waals surface area contributed by atoms with Crippen LogP contribution in [0, 0.1) is 5.82 Å². The molecule has 1 aromatic carbocycles. The Kier molecular flexibility index (Phi) is 5.20. The van der Waals surface area contributed by atoms with Gasteiger partial charge in [-0.1, -0.05) is 27.5 Å². The summed E-state index contributed by atoms with van der Waals surface area (Å²) < 4.78 is 23.9. The molecule has 2 rings (SSSR count). The molecule has 3 nitrogen and oxygen atoms in total. The molecule has 0 bridgehead atoms. The Labute approximate surface area is 129 Å². The minimum Gasteiger partial charge on any atom is -0.493 e. The van der Waals surface area contributed by atoms with Crippen molar-refractivity contribution in [1.82, 2.24) is 4.98 Å². The average molecular weight is 361 g/mol. The van der Waals surface area contributed by atoms with Gasteiger partial charge in [-0.05, 0) is 23.8 Å². The maximum absolute atomic E-state index is 13.0. The molecule has 20 heavy (non-hydrogen) atoms. The SMILES string of the molecule is COc1cc(CBr)cc(Cl)c1OCc1cncc(F)c1. The molecule has 6 heteroatoms. The third-order valence-corrected chi connectivity index (χ3v) is 3.52. The van der Waals surface area contributed by atoms with Crippen molar-refractivity contribution >= 4 is 27.5 Å². The van der Waals surface area contributed by atoms with Gasteiger partial charge in [0.15, 0.2) is 11.5 Å². The van der Waals surface area contributed by atoms with Crippen molar-refractivity contribution in [2.75, 3.05) is 7.11 Å². The van der Waals surface area contributed by atoms with Crippen LogP contribution in [-0.4, -0.2) is 12.1 Å². The summed E-state index contributed by atoms with van der Waals surface area (Å²) in [5.74, 6) is 0.568. The van der Waals surface area contributed by atoms with E-state index in [1.807, 2.05) is 6.07 Å². The van der Waals surface area contributed by atoms with Crippen LogP contribution in [0.3, 0.4) is 0 Å². The number of alkyl halides is 1. The van der Waals surface area contributed by atoms with Crippen LogP contribution in [-0.2, 0) is 11.9 Å². The summed E-state index contributed by atoms with van der Waals surface area (Å²) >= 11 is 9.53. The van der Waals surface area contributed by atoms with Crippen molar-refractivity contribution in [3.8, 4) is 11.5 Å². The van der Waals surface area contributed by atoms with Gasteiger partial charge in [-0.15, -0.1) is 0 Å². The molecule has 0 saturated heterocycles. The summed E-state index contributed by atoms with van der Waals surface area (Å²) in [5, 5.41) is 1.11. The lowest BCUT2D eigenvalue weighted by atomic mass is 10.2. The summed E-state index contributed by atoms with van der Waals surface area (Å²) in [5.41, 5.74) is 1.60. The number of methoxy groups -OCH3 is 1. The second-order valence-electron chi connectivity index (χ2n) is 4.04. The quantitative estimate of drug-likeness (QED) is 0.743. The second-order valence-corrected chi connectivity index (χ2v) is 5.01. The standard InChI is InChI=1S/C14H12BrClFNO2/c1-19-13-4-9(5-15)3-12(16)14(13)20-8-10-2-11(17)7-18-6-10/h2-4,6-7H,5,8H2,1H3. The van der Waals surface area contributed by atoms with Crippen LogP contribution in [0.25, 0.3) is 0 Å². The first-order chi connectivity index (χ1) is 9.63. The van der Waals surface area contributed by atoms with E-state index in [9.17, 15) is 4.39 Å². The predicted molar refractivity (Wildman–Crippen MR) is 79.2 cm³/mol. The van der Waals surface area contributed by atoms with Crippen LogP contribution in [0.5, 0.6) is 11.5 Å². The highest BCUT2D eigenvalue weighted by molar-refractivity contribution is 9.08. The maximum atomic E-state index is 13.0. The van der Waals surface area contributed by atoms with Gasteiger partial charge in [0.05, 0.1) is 18.3 Å². The van der Waals surface area contributed by atoms with Gasteiger partial charge in [-0.25, -0.2) is 4.39 Å². The summed E-state index contributed by atoms with van der Waals surface area (Å²) in [6.07, 6.45) is 2.68. The van der Waals surface area contributed by atoms with Crippen LogP contribution < -0.4 is 9.47 Å². The number of halogens is 3. The van der Waals surface area contributed by atoms with Crippen LogP contribution >= 0.6 is 27.5 Å². The minimum atomic E-state index is -0.404. The zero-order valence-electron chi connectivity index (χ0n) is 10.7. The van der Waals surface area contributed by atoms with E-state index < -0.39 is 5.82 Å². The smallest absolute Gasteiger partial charge is 0.180 e. The van der Waals surface area contributed by atoms with Gasteiger partial charge in [0.2, 0.25) is 0 Å². The largest absolute Gasteiger partial charge is 0.493 e. The highest BCUT2D eigenvalue weighted by atomic mass is 79.9. The molecule has 1 heterocycles. The van der Waals surface area contributed by atoms with Gasteiger partial charge < -0.3 is 9.47 Å². The Morgan fingerprint density at radius 2 is 2.05 bits per heavy atom. The van der Waals surface area contributed by atoms with Gasteiger partial charge in [0.1, 0.15) is 12.4 Å². The predicted octanol–water partition coefficient (Wildman–Crippen LogP) is 4.36. The van der Waals surface area contributed by atoms with Crippen LogP contribution in [0.1, 0.15) is 11.1 Å². The van der Waals surface area contributed by atoms with E-state index in [4.69, 9.17) is 21.1 Å². The van der Waals surface area contributed by atoms with Crippen molar-refractivity contribution in [3.63, 3.8) is 0 Å². The first-order valence-corrected chi connectivity index (χ1v) is 7.28. The lowest BCUT2D eigenvalue weighted by molar-refractivity contribution is 0.283. The molecular formula is C14H12BrClFNO2. The van der Waals surface area contributed by atoms with Gasteiger partial charge in [-0.2, -0.15) is 0 Å². The van der Waals surface area contributed by atoms with Gasteiger partial charge in [0.25, 0.3) is 0 Å². The number of rotatable bonds is 5. The molecule has 0 N–H and O–H groups in total. The summed E-state index contributed by atoms with van der Waals surface area (Å²) in [6.45, 7) is 0.161. The second kappa shape index (κ2) is 6.90. The zero-order chi connectivity index (χ0) is 14.5. The summed E-state index contributed by atoms with van der Waals surface area (Å²) in [7, 11) is 1.54. The molecule has 106 valence electrons. The Morgan fingerprint density at radius 1 is 1.25 bits per heavy atom. The van der Waals surface area contributed by atoms with Crippen molar-refractivity contribution in [3.05, 3.63) is 52.6 Å². The topological polar surface area (TPSA) is 31.4 Å². The first kappa shape index (κ1) is 15.1. The molecule has 0 aliphatic rings. The third kappa shape index (κ3) is 3.61. The average Bonchev–Trinajstić information content (AvgIpc) is 2.45. The molecule has 0 fully saturated rings. The van der Waals surface area contributed by atoms with E-state index in [0.29, 0.717) is 27.4 Å². The lowest BCUT2D eigenvalue weighted by Crippen LogP contribution is -2.00. The monoisotopic (exact) mass is 359 g/mol. The Hall–Kier alpha value is -1.33. The van der Waals surface area contributed by atoms with E-state index in [0.717, 1.165) is 11.8 Å². The number of pyridine rings is 1. The van der Waals surface area contributed by atoms with Crippen LogP contribution in [0.2, 0.25) is 5.02 Å². The Balaban J connectivity index is 2.20. The van der Waals surface area contributed by atoms with Gasteiger partial charge in [0, 0.05) is 17.1 Å². The van der Waals surface area contributed by atoms with E-state index >= 15 is 0 Å². The molecule has 2 aromatic rings. The molecule has 0 unspecified atom stereocenters. The fraction of sp³-hybridized carbons (Fsp3) is 0.214. The zero-order valence-corrected chi connectivity index (χ0v) is 13.0. The van der Waals surface area contributed by atoms with E-state index in [1.165, 1.54) is 12.3 Å². The molecule has 0 atom stereocenters. The highest BCUT2D eigenvalue weighted by Gasteiger charge is 2.12. The number of aromatic nitrogens is 1. The summed E-state index contributed by atoms with van der Waals surface area (Å²) in [4.78, 5) is 3.76. The van der Waals surface area contributed by atoms with Crippen molar-refractivity contribution in [2.45, 2.75) is 11.9 Å². The van der Waals surface area contributed by atoms with E-state index in [2.05, 4.69) is 20.9 Å². The molecule has 0 radical (unpaired) electrons. The number of benzene rings is 1.